The molecule has 8 heteroatoms. The van der Waals surface area contributed by atoms with Crippen LogP contribution in [0.15, 0.2) is 48.7 Å². The fraction of sp³-hybridized carbons (Fsp3) is 0.176. The van der Waals surface area contributed by atoms with Crippen molar-refractivity contribution in [3.63, 3.8) is 0 Å². The van der Waals surface area contributed by atoms with Crippen LogP contribution in [0.25, 0.3) is 10.9 Å². The third-order valence-corrected chi connectivity index (χ3v) is 5.01. The molecule has 0 atom stereocenters. The first kappa shape index (κ1) is 17.1. The molecule has 130 valence electrons. The van der Waals surface area contributed by atoms with Crippen LogP contribution in [0, 0.1) is 0 Å². The van der Waals surface area contributed by atoms with E-state index in [0.29, 0.717) is 17.3 Å². The minimum atomic E-state index is -3.29. The smallest absolute Gasteiger partial charge is 0.227 e. The van der Waals surface area contributed by atoms with Gasteiger partial charge >= 0.3 is 0 Å². The first-order valence-electron chi connectivity index (χ1n) is 7.58. The van der Waals surface area contributed by atoms with Crippen molar-refractivity contribution in [1.29, 1.82) is 0 Å². The zero-order valence-electron chi connectivity index (χ0n) is 13.9. The first-order chi connectivity index (χ1) is 12.0. The van der Waals surface area contributed by atoms with Crippen LogP contribution < -0.4 is 14.8 Å². The van der Waals surface area contributed by atoms with E-state index in [2.05, 4.69) is 20.0 Å². The highest BCUT2D eigenvalue weighted by Crippen LogP contribution is 2.24. The highest BCUT2D eigenvalue weighted by molar-refractivity contribution is 7.88. The molecule has 0 bridgehead atoms. The number of nitrogens with zero attached hydrogens (tertiary/aromatic N) is 2. The van der Waals surface area contributed by atoms with Crippen molar-refractivity contribution in [1.82, 2.24) is 14.7 Å². The van der Waals surface area contributed by atoms with E-state index in [1.54, 1.807) is 37.6 Å². The standard InChI is InChI=1S/C17H18N4O3S/c1-18-25(22,23)11-12-6-8-14(9-7-12)20-17-19-10-13-4-3-5-15(24-2)16(13)21-17/h3-10,18H,11H2,1-2H3,(H,19,20,21). The molecule has 0 aliphatic heterocycles. The number of para-hydroxylation sites is 1. The number of hydrogen-bond donors (Lipinski definition) is 2. The van der Waals surface area contributed by atoms with Crippen LogP contribution in [-0.2, 0) is 15.8 Å². The monoisotopic (exact) mass is 358 g/mol. The number of benzene rings is 2. The van der Waals surface area contributed by atoms with Crippen molar-refractivity contribution < 1.29 is 13.2 Å². The molecular weight excluding hydrogens is 340 g/mol. The van der Waals surface area contributed by atoms with E-state index in [0.717, 1.165) is 16.6 Å². The minimum Gasteiger partial charge on any atom is -0.494 e. The van der Waals surface area contributed by atoms with Gasteiger partial charge in [0.25, 0.3) is 0 Å². The van der Waals surface area contributed by atoms with Gasteiger partial charge in [0.15, 0.2) is 0 Å². The van der Waals surface area contributed by atoms with Gasteiger partial charge in [0.1, 0.15) is 11.3 Å². The number of rotatable bonds is 6. The Morgan fingerprint density at radius 1 is 1.12 bits per heavy atom. The molecule has 0 aliphatic rings. The quantitative estimate of drug-likeness (QED) is 0.703. The third kappa shape index (κ3) is 4.04. The predicted octanol–water partition coefficient (Wildman–Crippen LogP) is 2.43. The molecule has 1 aromatic heterocycles. The van der Waals surface area contributed by atoms with E-state index in [1.807, 2.05) is 18.2 Å². The summed E-state index contributed by atoms with van der Waals surface area (Å²) in [5.74, 6) is 1.05. The van der Waals surface area contributed by atoms with Gasteiger partial charge in [0.05, 0.1) is 12.9 Å². The number of fused-ring (bicyclic) bond motifs is 1. The number of nitrogens with one attached hydrogen (secondary N) is 2. The number of anilines is 2. The zero-order valence-corrected chi connectivity index (χ0v) is 14.7. The second-order valence-corrected chi connectivity index (χ2v) is 7.30. The Hall–Kier alpha value is -2.71. The van der Waals surface area contributed by atoms with E-state index >= 15 is 0 Å². The Morgan fingerprint density at radius 3 is 2.56 bits per heavy atom. The molecule has 7 nitrogen and oxygen atoms in total. The Morgan fingerprint density at radius 2 is 1.88 bits per heavy atom. The van der Waals surface area contributed by atoms with Gasteiger partial charge in [-0.25, -0.2) is 23.1 Å². The molecule has 0 amide bonds. The molecule has 25 heavy (non-hydrogen) atoms. The SMILES string of the molecule is CNS(=O)(=O)Cc1ccc(Nc2ncc3cccc(OC)c3n2)cc1. The Bertz CT molecular complexity index is 988. The normalized spacial score (nSPS) is 11.4. The van der Waals surface area contributed by atoms with Crippen LogP contribution >= 0.6 is 0 Å². The zero-order chi connectivity index (χ0) is 17.9. The van der Waals surface area contributed by atoms with Crippen molar-refractivity contribution in [3.05, 3.63) is 54.2 Å². The summed E-state index contributed by atoms with van der Waals surface area (Å²) in [6.45, 7) is 0. The number of aromatic nitrogens is 2. The number of methoxy groups -OCH3 is 1. The van der Waals surface area contributed by atoms with Gasteiger partial charge in [-0.2, -0.15) is 0 Å². The van der Waals surface area contributed by atoms with Crippen LogP contribution in [0.2, 0.25) is 0 Å². The van der Waals surface area contributed by atoms with Crippen LogP contribution in [0.5, 0.6) is 5.75 Å². The fourth-order valence-corrected chi connectivity index (χ4v) is 3.13. The lowest BCUT2D eigenvalue weighted by Crippen LogP contribution is -2.20. The molecule has 0 aliphatic carbocycles. The minimum absolute atomic E-state index is 0.0621. The molecule has 0 saturated carbocycles. The van der Waals surface area contributed by atoms with Gasteiger partial charge in [0.2, 0.25) is 16.0 Å². The van der Waals surface area contributed by atoms with Crippen LogP contribution in [0.3, 0.4) is 0 Å². The Labute approximate surface area is 146 Å². The third-order valence-electron chi connectivity index (χ3n) is 3.67. The second-order valence-electron chi connectivity index (χ2n) is 5.38. The van der Waals surface area contributed by atoms with E-state index in [9.17, 15) is 8.42 Å². The summed E-state index contributed by atoms with van der Waals surface area (Å²) in [4.78, 5) is 8.77. The lowest BCUT2D eigenvalue weighted by atomic mass is 10.2. The topological polar surface area (TPSA) is 93.2 Å². The van der Waals surface area contributed by atoms with Crippen molar-refractivity contribution in [2.24, 2.45) is 0 Å². The van der Waals surface area contributed by atoms with Crippen LogP contribution in [0.1, 0.15) is 5.56 Å². The second kappa shape index (κ2) is 7.04. The van der Waals surface area contributed by atoms with Gasteiger partial charge in [-0.15, -0.1) is 0 Å². The molecule has 0 spiro atoms. The molecule has 3 rings (SSSR count). The molecule has 0 unspecified atom stereocenters. The molecule has 0 radical (unpaired) electrons. The summed E-state index contributed by atoms with van der Waals surface area (Å²) >= 11 is 0. The van der Waals surface area contributed by atoms with Crippen molar-refractivity contribution in [2.75, 3.05) is 19.5 Å². The first-order valence-corrected chi connectivity index (χ1v) is 9.23. The summed E-state index contributed by atoms with van der Waals surface area (Å²) in [6, 6.07) is 12.7. The lowest BCUT2D eigenvalue weighted by Gasteiger charge is -2.09. The van der Waals surface area contributed by atoms with Crippen molar-refractivity contribution in [3.8, 4) is 5.75 Å². The van der Waals surface area contributed by atoms with Crippen LogP contribution in [-0.4, -0.2) is 32.5 Å². The molecule has 2 N–H and O–H groups in total. The van der Waals surface area contributed by atoms with Gasteiger partial charge in [0, 0.05) is 17.3 Å². The maximum Gasteiger partial charge on any atom is 0.227 e. The molecule has 1 heterocycles. The maximum atomic E-state index is 11.6. The van der Waals surface area contributed by atoms with Crippen molar-refractivity contribution >= 4 is 32.6 Å². The Balaban J connectivity index is 1.81. The highest BCUT2D eigenvalue weighted by atomic mass is 32.2. The van der Waals surface area contributed by atoms with Gasteiger partial charge in [-0.05, 0) is 30.8 Å². The predicted molar refractivity (Wildman–Crippen MR) is 97.5 cm³/mol. The van der Waals surface area contributed by atoms with Gasteiger partial charge in [-0.1, -0.05) is 24.3 Å². The average molecular weight is 358 g/mol. The molecule has 0 saturated heterocycles. The average Bonchev–Trinajstić information content (AvgIpc) is 2.62. The Kier molecular flexibility index (Phi) is 4.82. The van der Waals surface area contributed by atoms with Crippen LogP contribution in [0.4, 0.5) is 11.6 Å². The molecule has 3 aromatic rings. The number of sulfonamides is 1. The maximum absolute atomic E-state index is 11.6. The summed E-state index contributed by atoms with van der Waals surface area (Å²) in [5, 5.41) is 4.00. The van der Waals surface area contributed by atoms with E-state index in [1.165, 1.54) is 7.05 Å². The van der Waals surface area contributed by atoms with E-state index < -0.39 is 10.0 Å². The summed E-state index contributed by atoms with van der Waals surface area (Å²) in [7, 11) is -0.287. The number of hydrogen-bond acceptors (Lipinski definition) is 6. The molecule has 2 aromatic carbocycles. The largest absolute Gasteiger partial charge is 0.494 e. The van der Waals surface area contributed by atoms with Gasteiger partial charge in [-0.3, -0.25) is 0 Å². The number of ether oxygens (including phenoxy) is 1. The summed E-state index contributed by atoms with van der Waals surface area (Å²) < 4.78 is 30.8. The fourth-order valence-electron chi connectivity index (χ4n) is 2.36. The van der Waals surface area contributed by atoms with E-state index in [4.69, 9.17) is 4.74 Å². The molecular formula is C17H18N4O3S. The molecule has 0 fully saturated rings. The highest BCUT2D eigenvalue weighted by Gasteiger charge is 2.09. The van der Waals surface area contributed by atoms with Gasteiger partial charge < -0.3 is 10.1 Å². The van der Waals surface area contributed by atoms with Crippen molar-refractivity contribution in [2.45, 2.75) is 5.75 Å². The van der Waals surface area contributed by atoms with E-state index in [-0.39, 0.29) is 5.75 Å². The lowest BCUT2D eigenvalue weighted by molar-refractivity contribution is 0.419. The summed E-state index contributed by atoms with van der Waals surface area (Å²) in [5.41, 5.74) is 2.18. The summed E-state index contributed by atoms with van der Waals surface area (Å²) in [6.07, 6.45) is 1.72.